The Morgan fingerprint density at radius 2 is 2.16 bits per heavy atom. The monoisotopic (exact) mass is 328 g/mol. The molecule has 1 aliphatic carbocycles. The first-order valence-electron chi connectivity index (χ1n) is 6.23. The summed E-state index contributed by atoms with van der Waals surface area (Å²) in [6.07, 6.45) is 1.35. The Bertz CT molecular complexity index is 469. The maximum atomic E-state index is 10.9. The van der Waals surface area contributed by atoms with E-state index in [4.69, 9.17) is 14.6 Å². The fraction of sp³-hybridized carbons (Fsp3) is 0.500. The molecule has 1 atom stereocenters. The normalized spacial score (nSPS) is 23.5. The molecule has 1 N–H and O–H groups in total. The average molecular weight is 329 g/mol. The summed E-state index contributed by atoms with van der Waals surface area (Å²) < 4.78 is 11.8. The smallest absolute Gasteiger partial charge is 0.344 e. The first-order valence-corrected chi connectivity index (χ1v) is 7.02. The summed E-state index contributed by atoms with van der Waals surface area (Å²) in [6, 6.07) is 5.68. The summed E-state index contributed by atoms with van der Waals surface area (Å²) in [5, 5.41) is 8.92. The summed E-state index contributed by atoms with van der Waals surface area (Å²) in [6.45, 7) is 1.53. The molecule has 19 heavy (non-hydrogen) atoms. The summed E-state index contributed by atoms with van der Waals surface area (Å²) in [7, 11) is 1.71. The Kier molecular flexibility index (Phi) is 4.47. The first kappa shape index (κ1) is 14.3. The van der Waals surface area contributed by atoms with Crippen molar-refractivity contribution in [2.24, 2.45) is 0 Å². The molecule has 0 unspecified atom stereocenters. The number of rotatable bonds is 5. The summed E-state index contributed by atoms with van der Waals surface area (Å²) >= 11 is 3.44. The van der Waals surface area contributed by atoms with Crippen molar-refractivity contribution < 1.29 is 19.4 Å². The molecule has 1 aliphatic rings. The summed E-state index contributed by atoms with van der Waals surface area (Å²) in [5.74, 6) is 0.0633. The van der Waals surface area contributed by atoms with E-state index in [9.17, 15) is 4.79 Å². The van der Waals surface area contributed by atoms with Crippen LogP contribution in [0.4, 0.5) is 0 Å². The molecule has 2 rings (SSSR count). The summed E-state index contributed by atoms with van der Waals surface area (Å²) in [4.78, 5) is 10.9. The maximum absolute atomic E-state index is 10.9. The first-order chi connectivity index (χ1) is 9.01. The van der Waals surface area contributed by atoms with Gasteiger partial charge in [-0.25, -0.2) is 4.79 Å². The Morgan fingerprint density at radius 1 is 1.47 bits per heavy atom. The van der Waals surface area contributed by atoms with Crippen molar-refractivity contribution >= 4 is 21.9 Å². The molecule has 0 heterocycles. The van der Waals surface area contributed by atoms with E-state index in [-0.39, 0.29) is 0 Å². The minimum atomic E-state index is -0.961. The van der Waals surface area contributed by atoms with Crippen molar-refractivity contribution in [3.05, 3.63) is 28.2 Å². The molecule has 1 saturated carbocycles. The predicted molar refractivity (Wildman–Crippen MR) is 74.6 cm³/mol. The molecule has 0 spiro atoms. The topological polar surface area (TPSA) is 55.8 Å². The Balaban J connectivity index is 2.16. The van der Waals surface area contributed by atoms with Gasteiger partial charge in [-0.1, -0.05) is 15.9 Å². The van der Waals surface area contributed by atoms with Gasteiger partial charge in [0.25, 0.3) is 0 Å². The number of methoxy groups -OCH3 is 1. The van der Waals surface area contributed by atoms with E-state index in [1.807, 2.05) is 18.2 Å². The van der Waals surface area contributed by atoms with Crippen molar-refractivity contribution in [1.82, 2.24) is 0 Å². The van der Waals surface area contributed by atoms with Crippen LogP contribution in [0.5, 0.6) is 5.75 Å². The van der Waals surface area contributed by atoms with Crippen LogP contribution in [-0.2, 0) is 9.53 Å². The Labute approximate surface area is 120 Å². The van der Waals surface area contributed by atoms with Crippen molar-refractivity contribution in [3.63, 3.8) is 0 Å². The van der Waals surface area contributed by atoms with Crippen LogP contribution < -0.4 is 4.74 Å². The SMILES string of the molecule is COC1CC(c2cc(Br)ccc2O[C@@H](C)C(=O)O)C1. The number of carboxylic acids is 1. The quantitative estimate of drug-likeness (QED) is 0.901. The molecule has 1 aromatic rings. The van der Waals surface area contributed by atoms with Crippen LogP contribution in [0.15, 0.2) is 22.7 Å². The molecule has 104 valence electrons. The van der Waals surface area contributed by atoms with Crippen molar-refractivity contribution in [1.29, 1.82) is 0 Å². The maximum Gasteiger partial charge on any atom is 0.344 e. The molecule has 0 bridgehead atoms. The molecule has 0 amide bonds. The number of benzene rings is 1. The van der Waals surface area contributed by atoms with Gasteiger partial charge in [0.1, 0.15) is 5.75 Å². The highest BCUT2D eigenvalue weighted by atomic mass is 79.9. The molecule has 1 aromatic carbocycles. The molecule has 0 radical (unpaired) electrons. The second-order valence-corrected chi connectivity index (χ2v) is 5.72. The van der Waals surface area contributed by atoms with Gasteiger partial charge in [-0.05, 0) is 49.4 Å². The van der Waals surface area contributed by atoms with Crippen LogP contribution >= 0.6 is 15.9 Å². The van der Waals surface area contributed by atoms with E-state index in [1.54, 1.807) is 7.11 Å². The van der Waals surface area contributed by atoms with Gasteiger partial charge >= 0.3 is 5.97 Å². The van der Waals surface area contributed by atoms with Gasteiger partial charge in [0.05, 0.1) is 6.10 Å². The van der Waals surface area contributed by atoms with E-state index in [0.717, 1.165) is 22.9 Å². The van der Waals surface area contributed by atoms with Crippen LogP contribution in [0.1, 0.15) is 31.2 Å². The second-order valence-electron chi connectivity index (χ2n) is 4.81. The molecule has 0 saturated heterocycles. The van der Waals surface area contributed by atoms with Crippen molar-refractivity contribution in [2.45, 2.75) is 37.9 Å². The van der Waals surface area contributed by atoms with E-state index in [2.05, 4.69) is 15.9 Å². The van der Waals surface area contributed by atoms with Gasteiger partial charge in [0.2, 0.25) is 0 Å². The number of aliphatic carboxylic acids is 1. The number of hydrogen-bond donors (Lipinski definition) is 1. The molecular weight excluding hydrogens is 312 g/mol. The molecule has 4 nitrogen and oxygen atoms in total. The molecule has 1 fully saturated rings. The lowest BCUT2D eigenvalue weighted by molar-refractivity contribution is -0.144. The van der Waals surface area contributed by atoms with E-state index < -0.39 is 12.1 Å². The highest BCUT2D eigenvalue weighted by Gasteiger charge is 2.32. The van der Waals surface area contributed by atoms with E-state index in [0.29, 0.717) is 17.8 Å². The number of carbonyl (C=O) groups is 1. The second kappa shape index (κ2) is 5.92. The Morgan fingerprint density at radius 3 is 2.74 bits per heavy atom. The van der Waals surface area contributed by atoms with Gasteiger partial charge in [-0.2, -0.15) is 0 Å². The zero-order valence-electron chi connectivity index (χ0n) is 10.9. The average Bonchev–Trinajstić information content (AvgIpc) is 2.30. The van der Waals surface area contributed by atoms with Gasteiger partial charge in [-0.3, -0.25) is 0 Å². The van der Waals surface area contributed by atoms with Crippen LogP contribution in [-0.4, -0.2) is 30.4 Å². The fourth-order valence-electron chi connectivity index (χ4n) is 2.20. The van der Waals surface area contributed by atoms with Crippen LogP contribution in [0.3, 0.4) is 0 Å². The zero-order chi connectivity index (χ0) is 14.0. The van der Waals surface area contributed by atoms with Crippen LogP contribution in [0, 0.1) is 0 Å². The predicted octanol–water partition coefficient (Wildman–Crippen LogP) is 3.19. The lowest BCUT2D eigenvalue weighted by Gasteiger charge is -2.35. The number of halogens is 1. The third-order valence-corrected chi connectivity index (χ3v) is 3.98. The molecule has 0 aromatic heterocycles. The van der Waals surface area contributed by atoms with Gasteiger partial charge in [0, 0.05) is 11.6 Å². The Hall–Kier alpha value is -1.07. The fourth-order valence-corrected chi connectivity index (χ4v) is 2.58. The zero-order valence-corrected chi connectivity index (χ0v) is 12.5. The number of hydrogen-bond acceptors (Lipinski definition) is 3. The third kappa shape index (κ3) is 3.28. The van der Waals surface area contributed by atoms with Gasteiger partial charge in [0.15, 0.2) is 6.10 Å². The summed E-state index contributed by atoms with van der Waals surface area (Å²) in [5.41, 5.74) is 1.05. The van der Waals surface area contributed by atoms with E-state index >= 15 is 0 Å². The lowest BCUT2D eigenvalue weighted by atomic mass is 9.77. The van der Waals surface area contributed by atoms with Crippen LogP contribution in [0.25, 0.3) is 0 Å². The lowest BCUT2D eigenvalue weighted by Crippen LogP contribution is -2.30. The molecule has 5 heteroatoms. The number of ether oxygens (including phenoxy) is 2. The minimum Gasteiger partial charge on any atom is -0.479 e. The number of carboxylic acid groups (broad SMARTS) is 1. The minimum absolute atomic E-state index is 0.300. The van der Waals surface area contributed by atoms with Crippen molar-refractivity contribution in [2.75, 3.05) is 7.11 Å². The third-order valence-electron chi connectivity index (χ3n) is 3.49. The largest absolute Gasteiger partial charge is 0.479 e. The van der Waals surface area contributed by atoms with E-state index in [1.165, 1.54) is 6.92 Å². The van der Waals surface area contributed by atoms with Crippen LogP contribution in [0.2, 0.25) is 0 Å². The molecule has 0 aliphatic heterocycles. The van der Waals surface area contributed by atoms with Gasteiger partial charge < -0.3 is 14.6 Å². The highest BCUT2D eigenvalue weighted by Crippen LogP contribution is 2.43. The highest BCUT2D eigenvalue weighted by molar-refractivity contribution is 9.10. The van der Waals surface area contributed by atoms with Crippen molar-refractivity contribution in [3.8, 4) is 5.75 Å². The van der Waals surface area contributed by atoms with Gasteiger partial charge in [-0.15, -0.1) is 0 Å². The standard InChI is InChI=1S/C14H17BrO4/c1-8(14(16)17)19-13-4-3-10(15)7-12(13)9-5-11(6-9)18-2/h3-4,7-9,11H,5-6H2,1-2H3,(H,16,17)/t8-,9?,11?/m0/s1. The molecular formula is C14H17BrO4.